The van der Waals surface area contributed by atoms with Gasteiger partial charge in [0.1, 0.15) is 0 Å². The average Bonchev–Trinajstić information content (AvgIpc) is 2.61. The van der Waals surface area contributed by atoms with Gasteiger partial charge in [0, 0.05) is 6.61 Å². The maximum atomic E-state index is 13.0. The average molecular weight is 327 g/mol. The lowest BCUT2D eigenvalue weighted by atomic mass is 9.86. The number of amides is 1. The quantitative estimate of drug-likeness (QED) is 0.792. The van der Waals surface area contributed by atoms with Gasteiger partial charge in [0.05, 0.1) is 0 Å². The summed E-state index contributed by atoms with van der Waals surface area (Å²) in [6.07, 6.45) is -1.05. The van der Waals surface area contributed by atoms with Crippen LogP contribution in [-0.4, -0.2) is 24.6 Å². The number of rotatable bonds is 7. The molecule has 0 heterocycles. The van der Waals surface area contributed by atoms with Crippen LogP contribution in [0.5, 0.6) is 0 Å². The number of esters is 1. The Labute approximate surface area is 141 Å². The van der Waals surface area contributed by atoms with E-state index in [1.807, 2.05) is 36.4 Å². The number of carbonyl (C=O) groups excluding carboxylic acids is 2. The van der Waals surface area contributed by atoms with E-state index in [4.69, 9.17) is 15.2 Å². The van der Waals surface area contributed by atoms with E-state index < -0.39 is 23.6 Å². The van der Waals surface area contributed by atoms with E-state index in [0.717, 1.165) is 0 Å². The smallest absolute Gasteiger partial charge is 0.348 e. The monoisotopic (exact) mass is 327 g/mol. The van der Waals surface area contributed by atoms with Gasteiger partial charge in [0.15, 0.2) is 6.10 Å². The largest absolute Gasteiger partial charge is 0.450 e. The van der Waals surface area contributed by atoms with Gasteiger partial charge in [-0.3, -0.25) is 4.79 Å². The minimum Gasteiger partial charge on any atom is -0.450 e. The Morgan fingerprint density at radius 2 is 1.46 bits per heavy atom. The molecule has 0 bridgehead atoms. The predicted molar refractivity (Wildman–Crippen MR) is 90.0 cm³/mol. The van der Waals surface area contributed by atoms with Gasteiger partial charge in [-0.05, 0) is 25.0 Å². The summed E-state index contributed by atoms with van der Waals surface area (Å²) in [6.45, 7) is 3.52. The second kappa shape index (κ2) is 7.75. The number of ether oxygens (including phenoxy) is 2. The minimum absolute atomic E-state index is 0.282. The van der Waals surface area contributed by atoms with E-state index in [-0.39, 0.29) is 6.61 Å². The molecule has 2 aromatic rings. The molecule has 126 valence electrons. The summed E-state index contributed by atoms with van der Waals surface area (Å²) in [6, 6.07) is 18.1. The zero-order chi connectivity index (χ0) is 17.6. The Hall–Kier alpha value is -2.66. The van der Waals surface area contributed by atoms with Gasteiger partial charge in [-0.1, -0.05) is 60.7 Å². The van der Waals surface area contributed by atoms with Gasteiger partial charge >= 0.3 is 5.97 Å². The molecule has 0 aliphatic rings. The second-order valence-electron chi connectivity index (χ2n) is 5.30. The molecule has 0 aliphatic heterocycles. The molecular formula is C19H21NO4. The lowest BCUT2D eigenvalue weighted by Crippen LogP contribution is -2.44. The van der Waals surface area contributed by atoms with Gasteiger partial charge < -0.3 is 15.2 Å². The van der Waals surface area contributed by atoms with Crippen molar-refractivity contribution >= 4 is 11.9 Å². The highest BCUT2D eigenvalue weighted by Crippen LogP contribution is 2.35. The standard InChI is InChI=1S/C19H21NO4/c1-3-23-19(15-10-6-4-7-11-15,16-12-8-5-9-13-16)18(22)24-14(2)17(20)21/h4-14H,3H2,1-2H3,(H2,20,21)/t14-/m1/s1. The van der Waals surface area contributed by atoms with Gasteiger partial charge in [-0.15, -0.1) is 0 Å². The summed E-state index contributed by atoms with van der Waals surface area (Å²) in [5.74, 6) is -1.39. The molecule has 0 fully saturated rings. The summed E-state index contributed by atoms with van der Waals surface area (Å²) in [4.78, 5) is 24.3. The first-order valence-electron chi connectivity index (χ1n) is 7.77. The van der Waals surface area contributed by atoms with Gasteiger partial charge in [0.25, 0.3) is 5.91 Å². The molecule has 5 nitrogen and oxygen atoms in total. The maximum Gasteiger partial charge on any atom is 0.348 e. The topological polar surface area (TPSA) is 78.6 Å². The first-order valence-corrected chi connectivity index (χ1v) is 7.77. The van der Waals surface area contributed by atoms with Crippen LogP contribution in [0.1, 0.15) is 25.0 Å². The Kier molecular flexibility index (Phi) is 5.71. The van der Waals surface area contributed by atoms with Crippen LogP contribution in [0.2, 0.25) is 0 Å². The molecule has 0 saturated carbocycles. The number of nitrogens with two attached hydrogens (primary N) is 1. The Bertz CT molecular complexity index is 646. The Morgan fingerprint density at radius 3 is 1.83 bits per heavy atom. The van der Waals surface area contributed by atoms with Crippen LogP contribution in [-0.2, 0) is 24.7 Å². The first kappa shape index (κ1) is 17.7. The van der Waals surface area contributed by atoms with E-state index in [1.54, 1.807) is 31.2 Å². The van der Waals surface area contributed by atoms with Crippen LogP contribution < -0.4 is 5.73 Å². The van der Waals surface area contributed by atoms with Crippen LogP contribution in [0.3, 0.4) is 0 Å². The summed E-state index contributed by atoms with van der Waals surface area (Å²) < 4.78 is 11.2. The van der Waals surface area contributed by atoms with E-state index in [1.165, 1.54) is 6.92 Å². The third kappa shape index (κ3) is 3.46. The summed E-state index contributed by atoms with van der Waals surface area (Å²) in [5.41, 5.74) is 5.01. The molecule has 5 heteroatoms. The third-order valence-electron chi connectivity index (χ3n) is 3.69. The molecule has 0 radical (unpaired) electrons. The lowest BCUT2D eigenvalue weighted by molar-refractivity contribution is -0.175. The maximum absolute atomic E-state index is 13.0. The molecule has 2 N–H and O–H groups in total. The van der Waals surface area contributed by atoms with Crippen LogP contribution in [0.4, 0.5) is 0 Å². The van der Waals surface area contributed by atoms with Crippen LogP contribution in [0.15, 0.2) is 60.7 Å². The molecule has 1 atom stereocenters. The van der Waals surface area contributed by atoms with E-state index in [2.05, 4.69) is 0 Å². The fourth-order valence-corrected chi connectivity index (χ4v) is 2.49. The molecule has 0 aromatic heterocycles. The highest BCUT2D eigenvalue weighted by atomic mass is 16.6. The van der Waals surface area contributed by atoms with Crippen molar-refractivity contribution in [1.29, 1.82) is 0 Å². The molecule has 2 aromatic carbocycles. The second-order valence-corrected chi connectivity index (χ2v) is 5.30. The normalized spacial score (nSPS) is 12.4. The third-order valence-corrected chi connectivity index (χ3v) is 3.69. The van der Waals surface area contributed by atoms with E-state index in [0.29, 0.717) is 11.1 Å². The summed E-state index contributed by atoms with van der Waals surface area (Å²) in [5, 5.41) is 0. The van der Waals surface area contributed by atoms with Crippen molar-refractivity contribution in [3.63, 3.8) is 0 Å². The van der Waals surface area contributed by atoms with Crippen LogP contribution in [0.25, 0.3) is 0 Å². The molecule has 1 amide bonds. The number of hydrogen-bond donors (Lipinski definition) is 1. The lowest BCUT2D eigenvalue weighted by Gasteiger charge is -2.33. The summed E-state index contributed by atoms with van der Waals surface area (Å²) >= 11 is 0. The van der Waals surface area contributed by atoms with Crippen molar-refractivity contribution in [2.24, 2.45) is 5.73 Å². The fraction of sp³-hybridized carbons (Fsp3) is 0.263. The van der Waals surface area contributed by atoms with Crippen molar-refractivity contribution in [2.75, 3.05) is 6.61 Å². The Balaban J connectivity index is 2.58. The number of carbonyl (C=O) groups is 2. The van der Waals surface area contributed by atoms with Gasteiger partial charge in [0.2, 0.25) is 5.60 Å². The van der Waals surface area contributed by atoms with E-state index in [9.17, 15) is 9.59 Å². The highest BCUT2D eigenvalue weighted by Gasteiger charge is 2.45. The van der Waals surface area contributed by atoms with Crippen molar-refractivity contribution in [3.8, 4) is 0 Å². The molecule has 0 unspecified atom stereocenters. The number of benzene rings is 2. The van der Waals surface area contributed by atoms with Crippen molar-refractivity contribution in [3.05, 3.63) is 71.8 Å². The van der Waals surface area contributed by atoms with Crippen LogP contribution in [0, 0.1) is 0 Å². The molecule has 0 saturated heterocycles. The fourth-order valence-electron chi connectivity index (χ4n) is 2.49. The zero-order valence-corrected chi connectivity index (χ0v) is 13.8. The van der Waals surface area contributed by atoms with Gasteiger partial charge in [-0.2, -0.15) is 0 Å². The first-order chi connectivity index (χ1) is 11.5. The minimum atomic E-state index is -1.46. The van der Waals surface area contributed by atoms with E-state index >= 15 is 0 Å². The SMILES string of the molecule is CCOC(C(=O)O[C@H](C)C(N)=O)(c1ccccc1)c1ccccc1. The van der Waals surface area contributed by atoms with Crippen molar-refractivity contribution in [1.82, 2.24) is 0 Å². The predicted octanol–water partition coefficient (Wildman–Crippen LogP) is 2.38. The number of hydrogen-bond acceptors (Lipinski definition) is 4. The Morgan fingerprint density at radius 1 is 1.00 bits per heavy atom. The van der Waals surface area contributed by atoms with Crippen molar-refractivity contribution < 1.29 is 19.1 Å². The van der Waals surface area contributed by atoms with Crippen molar-refractivity contribution in [2.45, 2.75) is 25.6 Å². The van der Waals surface area contributed by atoms with Crippen LogP contribution >= 0.6 is 0 Å². The number of primary amides is 1. The summed E-state index contributed by atoms with van der Waals surface area (Å²) in [7, 11) is 0. The molecule has 0 aliphatic carbocycles. The highest BCUT2D eigenvalue weighted by molar-refractivity contribution is 5.89. The zero-order valence-electron chi connectivity index (χ0n) is 13.8. The molecule has 2 rings (SSSR count). The molecule has 0 spiro atoms. The molecule has 24 heavy (non-hydrogen) atoms. The van der Waals surface area contributed by atoms with Gasteiger partial charge in [-0.25, -0.2) is 4.79 Å². The molecular weight excluding hydrogens is 306 g/mol.